The third kappa shape index (κ3) is 4.41. The van der Waals surface area contributed by atoms with Crippen molar-refractivity contribution in [1.29, 1.82) is 0 Å². The molecule has 0 saturated heterocycles. The van der Waals surface area contributed by atoms with Crippen molar-refractivity contribution in [2.75, 3.05) is 19.8 Å². The van der Waals surface area contributed by atoms with Gasteiger partial charge in [-0.25, -0.2) is 36.7 Å². The summed E-state index contributed by atoms with van der Waals surface area (Å²) >= 11 is 0. The number of nitrogens with one attached hydrogen (secondary N) is 1. The molecule has 3 aromatic rings. The highest BCUT2D eigenvalue weighted by Crippen LogP contribution is 2.35. The monoisotopic (exact) mass is 491 g/mol. The lowest BCUT2D eigenvalue weighted by molar-refractivity contribution is 0.548. The molecule has 0 amide bonds. The number of hydrogen-bond acceptors (Lipinski definition) is 10. The number of sulfonamides is 2. The van der Waals surface area contributed by atoms with Gasteiger partial charge in [-0.3, -0.25) is 0 Å². The van der Waals surface area contributed by atoms with E-state index in [0.717, 1.165) is 6.07 Å². The maximum atomic E-state index is 13.1. The molecule has 0 radical (unpaired) electrons. The summed E-state index contributed by atoms with van der Waals surface area (Å²) in [5.41, 5.74) is 12.6. The molecule has 0 fully saturated rings. The maximum Gasteiger partial charge on any atom is 0.242 e. The first-order valence-corrected chi connectivity index (χ1v) is 12.7. The van der Waals surface area contributed by atoms with E-state index in [2.05, 4.69) is 24.9 Å². The first-order valence-electron chi connectivity index (χ1n) is 9.63. The molecule has 1 aliphatic heterocycles. The number of aromatic nitrogens is 2. The fourth-order valence-corrected chi connectivity index (χ4v) is 6.30. The Morgan fingerprint density at radius 1 is 1.09 bits per heavy atom. The molecule has 33 heavy (non-hydrogen) atoms. The van der Waals surface area contributed by atoms with Gasteiger partial charge in [0.15, 0.2) is 12.5 Å². The zero-order valence-corrected chi connectivity index (χ0v) is 18.8. The van der Waals surface area contributed by atoms with Gasteiger partial charge in [-0.05, 0) is 29.3 Å². The van der Waals surface area contributed by atoms with E-state index in [9.17, 15) is 16.8 Å². The second-order valence-corrected chi connectivity index (χ2v) is 10.3. The predicted molar refractivity (Wildman–Crippen MR) is 120 cm³/mol. The maximum absolute atomic E-state index is 13.1. The molecule has 4 rings (SSSR count). The van der Waals surface area contributed by atoms with Gasteiger partial charge < -0.3 is 15.9 Å². The number of imidazole rings is 1. The number of amidine groups is 1. The van der Waals surface area contributed by atoms with Crippen molar-refractivity contribution in [3.8, 4) is 11.1 Å². The van der Waals surface area contributed by atoms with E-state index in [1.807, 2.05) is 0 Å². The Balaban J connectivity index is 2.03. The number of aliphatic imine (C=N–C) groups is 1. The van der Waals surface area contributed by atoms with Crippen LogP contribution >= 0.6 is 0 Å². The summed E-state index contributed by atoms with van der Waals surface area (Å²) in [6.07, 6.45) is 5.04. The smallest absolute Gasteiger partial charge is 0.242 e. The van der Waals surface area contributed by atoms with Crippen molar-refractivity contribution in [2.45, 2.75) is 15.8 Å². The summed E-state index contributed by atoms with van der Waals surface area (Å²) in [5.74, 6) is -0.0500. The van der Waals surface area contributed by atoms with Crippen LogP contribution in [0.5, 0.6) is 0 Å². The van der Waals surface area contributed by atoms with Crippen LogP contribution in [-0.2, 0) is 20.0 Å². The number of pyridine rings is 1. The zero-order chi connectivity index (χ0) is 23.8. The quantitative estimate of drug-likeness (QED) is 0.320. The van der Waals surface area contributed by atoms with Gasteiger partial charge in [0, 0.05) is 37.7 Å². The molecule has 2 aromatic heterocycles. The van der Waals surface area contributed by atoms with Gasteiger partial charge in [0.2, 0.25) is 20.0 Å². The van der Waals surface area contributed by atoms with Gasteiger partial charge in [0.05, 0.1) is 5.56 Å². The highest BCUT2D eigenvalue weighted by molar-refractivity contribution is 7.92. The largest absolute Gasteiger partial charge is 0.329 e. The standard InChI is InChI=1S/C18H21N9O4S2/c19-7-12(8-20)26-33(30,31)14-3-2-13(11-1-4-15-22-5-6-27(15)9-11)16(17(14)32(21,28)29)18-23-10-24-25-18/h1-6,9,12,26H,7-8,10,19-20H2,(H2,21,28,29). The van der Waals surface area contributed by atoms with Gasteiger partial charge in [-0.2, -0.15) is 5.11 Å². The van der Waals surface area contributed by atoms with E-state index in [-0.39, 0.29) is 31.2 Å². The van der Waals surface area contributed by atoms with Crippen LogP contribution in [0.2, 0.25) is 0 Å². The average molecular weight is 492 g/mol. The number of benzene rings is 1. The van der Waals surface area contributed by atoms with E-state index in [1.54, 1.807) is 35.1 Å². The predicted octanol–water partition coefficient (Wildman–Crippen LogP) is -0.617. The highest BCUT2D eigenvalue weighted by Gasteiger charge is 2.33. The topological polar surface area (TPSA) is 213 Å². The molecule has 3 heterocycles. The van der Waals surface area contributed by atoms with Gasteiger partial charge >= 0.3 is 0 Å². The Morgan fingerprint density at radius 3 is 2.48 bits per heavy atom. The van der Waals surface area contributed by atoms with Crippen LogP contribution in [0.15, 0.2) is 67.9 Å². The van der Waals surface area contributed by atoms with Crippen LogP contribution in [0.1, 0.15) is 5.56 Å². The summed E-state index contributed by atoms with van der Waals surface area (Å²) in [5, 5.41) is 13.2. The van der Waals surface area contributed by atoms with Crippen LogP contribution in [0.3, 0.4) is 0 Å². The van der Waals surface area contributed by atoms with Crippen LogP contribution in [0.4, 0.5) is 0 Å². The van der Waals surface area contributed by atoms with Crippen molar-refractivity contribution >= 4 is 31.5 Å². The molecule has 0 aliphatic carbocycles. The first-order chi connectivity index (χ1) is 15.7. The van der Waals surface area contributed by atoms with Gasteiger partial charge in [0.25, 0.3) is 0 Å². The van der Waals surface area contributed by atoms with Gasteiger partial charge in [-0.1, -0.05) is 6.07 Å². The lowest BCUT2D eigenvalue weighted by atomic mass is 10.00. The van der Waals surface area contributed by atoms with E-state index in [4.69, 9.17) is 16.6 Å². The summed E-state index contributed by atoms with van der Waals surface area (Å²) < 4.78 is 55.8. The third-order valence-corrected chi connectivity index (χ3v) is 7.64. The molecule has 13 nitrogen and oxygen atoms in total. The number of rotatable bonds is 8. The number of fused-ring (bicyclic) bond motifs is 1. The lowest BCUT2D eigenvalue weighted by Crippen LogP contribution is -2.45. The summed E-state index contributed by atoms with van der Waals surface area (Å²) in [7, 11) is -8.97. The molecule has 0 bridgehead atoms. The molecule has 0 saturated carbocycles. The molecule has 174 valence electrons. The van der Waals surface area contributed by atoms with Crippen LogP contribution in [-0.4, -0.2) is 57.9 Å². The Morgan fingerprint density at radius 2 is 1.85 bits per heavy atom. The number of nitrogens with zero attached hydrogens (tertiary/aromatic N) is 5. The van der Waals surface area contributed by atoms with E-state index in [0.29, 0.717) is 16.8 Å². The Kier molecular flexibility index (Phi) is 6.08. The molecule has 15 heteroatoms. The van der Waals surface area contributed by atoms with Crippen molar-refractivity contribution in [3.63, 3.8) is 0 Å². The molecule has 0 unspecified atom stereocenters. The first kappa shape index (κ1) is 23.1. The van der Waals surface area contributed by atoms with E-state index < -0.39 is 35.9 Å². The molecular formula is C18H21N9O4S2. The highest BCUT2D eigenvalue weighted by atomic mass is 32.2. The number of nitrogens with two attached hydrogens (primary N) is 3. The Labute approximate surface area is 189 Å². The molecule has 1 aromatic carbocycles. The van der Waals surface area contributed by atoms with E-state index >= 15 is 0 Å². The van der Waals surface area contributed by atoms with Crippen molar-refractivity contribution in [3.05, 3.63) is 48.4 Å². The minimum absolute atomic E-state index is 0.0307. The SMILES string of the molecule is NCC(CN)NS(=O)(=O)c1ccc(-c2ccc3nccn3c2)c(C2=NCN=N2)c1S(N)(=O)=O. The van der Waals surface area contributed by atoms with Crippen LogP contribution in [0, 0.1) is 0 Å². The second kappa shape index (κ2) is 8.69. The minimum atomic E-state index is -4.58. The molecule has 1 aliphatic rings. The minimum Gasteiger partial charge on any atom is -0.329 e. The van der Waals surface area contributed by atoms with Crippen molar-refractivity contribution in [1.82, 2.24) is 14.1 Å². The molecule has 0 spiro atoms. The van der Waals surface area contributed by atoms with Crippen molar-refractivity contribution in [2.24, 2.45) is 31.8 Å². The zero-order valence-electron chi connectivity index (χ0n) is 17.2. The Bertz CT molecular complexity index is 1490. The number of primary sulfonamides is 1. The van der Waals surface area contributed by atoms with Crippen LogP contribution < -0.4 is 21.3 Å². The van der Waals surface area contributed by atoms with Crippen LogP contribution in [0.25, 0.3) is 16.8 Å². The Hall–Kier alpha value is -3.08. The average Bonchev–Trinajstić information content (AvgIpc) is 3.47. The summed E-state index contributed by atoms with van der Waals surface area (Å²) in [6, 6.07) is 5.26. The molecule has 7 N–H and O–H groups in total. The fourth-order valence-electron chi connectivity index (χ4n) is 3.43. The molecule has 0 atom stereocenters. The third-order valence-electron chi connectivity index (χ3n) is 4.96. The fraction of sp³-hybridized carbons (Fsp3) is 0.222. The number of hydrogen-bond donors (Lipinski definition) is 4. The number of azo groups is 1. The van der Waals surface area contributed by atoms with Crippen molar-refractivity contribution < 1.29 is 16.8 Å². The second-order valence-electron chi connectivity index (χ2n) is 7.13. The van der Waals surface area contributed by atoms with E-state index in [1.165, 1.54) is 6.07 Å². The molecular weight excluding hydrogens is 470 g/mol. The lowest BCUT2D eigenvalue weighted by Gasteiger charge is -2.19. The van der Waals surface area contributed by atoms with Gasteiger partial charge in [0.1, 0.15) is 15.4 Å². The summed E-state index contributed by atoms with van der Waals surface area (Å²) in [4.78, 5) is 7.09. The van der Waals surface area contributed by atoms with Gasteiger partial charge in [-0.15, -0.1) is 5.11 Å². The normalized spacial score (nSPS) is 14.4. The summed E-state index contributed by atoms with van der Waals surface area (Å²) in [6.45, 7) is -0.203.